The molecule has 0 aliphatic rings. The van der Waals surface area contributed by atoms with E-state index in [4.69, 9.17) is 4.74 Å². The number of amides is 1. The van der Waals surface area contributed by atoms with Crippen LogP contribution in [0.15, 0.2) is 59.6 Å². The minimum absolute atomic E-state index is 0. The first-order valence-corrected chi connectivity index (χ1v) is 9.79. The van der Waals surface area contributed by atoms with Crippen molar-refractivity contribution in [3.8, 4) is 5.75 Å². The number of carbonyl (C=O) groups is 1. The van der Waals surface area contributed by atoms with Crippen molar-refractivity contribution in [2.45, 2.75) is 33.0 Å². The Labute approximate surface area is 195 Å². The van der Waals surface area contributed by atoms with Crippen molar-refractivity contribution in [2.24, 2.45) is 4.99 Å². The lowest BCUT2D eigenvalue weighted by atomic mass is 10.1. The number of aliphatic imine (C=N–C) groups is 1. The summed E-state index contributed by atoms with van der Waals surface area (Å²) in [5.74, 6) is 0.964. The molecule has 0 saturated carbocycles. The van der Waals surface area contributed by atoms with Crippen LogP contribution < -0.4 is 20.7 Å². The van der Waals surface area contributed by atoms with Gasteiger partial charge in [-0.2, -0.15) is 0 Å². The van der Waals surface area contributed by atoms with Crippen LogP contribution >= 0.6 is 24.0 Å². The highest BCUT2D eigenvalue weighted by Gasteiger charge is 2.11. The van der Waals surface area contributed by atoms with Gasteiger partial charge >= 0.3 is 0 Å². The Balaban J connectivity index is 0.00000450. The molecule has 8 heteroatoms. The van der Waals surface area contributed by atoms with Crippen LogP contribution in [-0.2, 0) is 4.79 Å². The second kappa shape index (κ2) is 13.8. The van der Waals surface area contributed by atoms with Crippen LogP contribution in [0, 0.1) is 0 Å². The first-order valence-electron chi connectivity index (χ1n) is 9.79. The number of rotatable bonds is 9. The molecule has 2 rings (SSSR count). The zero-order chi connectivity index (χ0) is 21.1. The maximum atomic E-state index is 12.1. The highest BCUT2D eigenvalue weighted by molar-refractivity contribution is 14.0. The maximum Gasteiger partial charge on any atom is 0.246 e. The highest BCUT2D eigenvalue weighted by atomic mass is 127. The Bertz CT molecular complexity index is 800. The standard InChI is InChI=1S/C22H30N4O3.HI/c1-4-23-22(25-15-21(28)26-18-10-6-5-7-11-18)24-14-20(27)17-9-8-12-19(13-17)29-16(2)3;/h5-13,16,20,27H,4,14-15H2,1-3H3,(H,26,28)(H2,23,24,25);1H. The Kier molecular flexibility index (Phi) is 11.8. The molecule has 7 nitrogen and oxygen atoms in total. The van der Waals surface area contributed by atoms with E-state index in [1.54, 1.807) is 0 Å². The van der Waals surface area contributed by atoms with Crippen LogP contribution in [0.3, 0.4) is 0 Å². The first-order chi connectivity index (χ1) is 14.0. The largest absolute Gasteiger partial charge is 0.491 e. The summed E-state index contributed by atoms with van der Waals surface area (Å²) in [6, 6.07) is 16.6. The Hall–Kier alpha value is -2.33. The number of guanidine groups is 1. The highest BCUT2D eigenvalue weighted by Crippen LogP contribution is 2.19. The normalized spacial score (nSPS) is 12.0. The second-order valence-electron chi connectivity index (χ2n) is 6.75. The minimum atomic E-state index is -0.743. The average Bonchev–Trinajstić information content (AvgIpc) is 2.70. The fraction of sp³-hybridized carbons (Fsp3) is 0.364. The van der Waals surface area contributed by atoms with Crippen molar-refractivity contribution in [3.63, 3.8) is 0 Å². The van der Waals surface area contributed by atoms with Gasteiger partial charge in [-0.05, 0) is 50.6 Å². The van der Waals surface area contributed by atoms with Crippen molar-refractivity contribution < 1.29 is 14.6 Å². The van der Waals surface area contributed by atoms with Gasteiger partial charge in [0.1, 0.15) is 12.3 Å². The first kappa shape index (κ1) is 25.7. The van der Waals surface area contributed by atoms with E-state index in [1.165, 1.54) is 0 Å². The summed E-state index contributed by atoms with van der Waals surface area (Å²) in [5.41, 5.74) is 1.47. The molecule has 0 aliphatic heterocycles. The molecule has 164 valence electrons. The van der Waals surface area contributed by atoms with Crippen molar-refractivity contribution in [1.29, 1.82) is 0 Å². The average molecular weight is 526 g/mol. The Morgan fingerprint density at radius 1 is 1.10 bits per heavy atom. The molecule has 2 aromatic rings. The third kappa shape index (κ3) is 9.45. The predicted octanol–water partition coefficient (Wildman–Crippen LogP) is 3.32. The fourth-order valence-electron chi connectivity index (χ4n) is 2.59. The van der Waals surface area contributed by atoms with Crippen molar-refractivity contribution in [3.05, 3.63) is 60.2 Å². The molecule has 0 spiro atoms. The molecule has 0 aromatic heterocycles. The van der Waals surface area contributed by atoms with E-state index in [0.29, 0.717) is 12.5 Å². The van der Waals surface area contributed by atoms with Gasteiger partial charge in [-0.15, -0.1) is 24.0 Å². The van der Waals surface area contributed by atoms with Gasteiger partial charge in [0.15, 0.2) is 5.96 Å². The van der Waals surface area contributed by atoms with E-state index in [1.807, 2.05) is 75.4 Å². The summed E-state index contributed by atoms with van der Waals surface area (Å²) in [5, 5.41) is 19.4. The molecule has 2 aromatic carbocycles. The zero-order valence-electron chi connectivity index (χ0n) is 17.6. The van der Waals surface area contributed by atoms with Gasteiger partial charge in [0.05, 0.1) is 12.2 Å². The van der Waals surface area contributed by atoms with Gasteiger partial charge in [0.2, 0.25) is 5.91 Å². The lowest BCUT2D eigenvalue weighted by Crippen LogP contribution is -2.40. The topological polar surface area (TPSA) is 95.0 Å². The summed E-state index contributed by atoms with van der Waals surface area (Å²) in [4.78, 5) is 16.3. The van der Waals surface area contributed by atoms with Gasteiger partial charge in [-0.1, -0.05) is 30.3 Å². The number of benzene rings is 2. The molecule has 1 unspecified atom stereocenters. The molecule has 0 saturated heterocycles. The molecular formula is C22H31IN4O3. The molecule has 0 fully saturated rings. The SMILES string of the molecule is CCNC(=NCC(=O)Nc1ccccc1)NCC(O)c1cccc(OC(C)C)c1.I. The maximum absolute atomic E-state index is 12.1. The van der Waals surface area contributed by atoms with E-state index in [9.17, 15) is 9.90 Å². The fourth-order valence-corrected chi connectivity index (χ4v) is 2.59. The molecule has 0 aliphatic carbocycles. The number of hydrogen-bond donors (Lipinski definition) is 4. The van der Waals surface area contributed by atoms with Crippen LogP contribution in [0.5, 0.6) is 5.75 Å². The smallest absolute Gasteiger partial charge is 0.246 e. The minimum Gasteiger partial charge on any atom is -0.491 e. The molecule has 0 radical (unpaired) electrons. The molecular weight excluding hydrogens is 495 g/mol. The van der Waals surface area contributed by atoms with Crippen molar-refractivity contribution in [1.82, 2.24) is 10.6 Å². The van der Waals surface area contributed by atoms with Crippen LogP contribution in [0.4, 0.5) is 5.69 Å². The quantitative estimate of drug-likeness (QED) is 0.229. The third-order valence-corrected chi connectivity index (χ3v) is 3.86. The third-order valence-electron chi connectivity index (χ3n) is 3.86. The van der Waals surface area contributed by atoms with E-state index >= 15 is 0 Å². The summed E-state index contributed by atoms with van der Waals surface area (Å²) >= 11 is 0. The number of nitrogens with one attached hydrogen (secondary N) is 3. The summed E-state index contributed by atoms with van der Waals surface area (Å²) in [7, 11) is 0. The lowest BCUT2D eigenvalue weighted by Gasteiger charge is -2.17. The predicted molar refractivity (Wildman–Crippen MR) is 132 cm³/mol. The number of halogens is 1. The summed E-state index contributed by atoms with van der Waals surface area (Å²) < 4.78 is 5.67. The van der Waals surface area contributed by atoms with Gasteiger partial charge in [0, 0.05) is 18.8 Å². The molecule has 1 amide bonds. The Morgan fingerprint density at radius 3 is 2.50 bits per heavy atom. The van der Waals surface area contributed by atoms with Crippen LogP contribution in [0.25, 0.3) is 0 Å². The zero-order valence-corrected chi connectivity index (χ0v) is 19.9. The number of carbonyl (C=O) groups excluding carboxylic acids is 1. The summed E-state index contributed by atoms with van der Waals surface area (Å²) in [6.45, 7) is 6.70. The van der Waals surface area contributed by atoms with Crippen LogP contribution in [0.2, 0.25) is 0 Å². The van der Waals surface area contributed by atoms with E-state index in [0.717, 1.165) is 17.0 Å². The number of para-hydroxylation sites is 1. The number of ether oxygens (including phenoxy) is 1. The molecule has 0 heterocycles. The lowest BCUT2D eigenvalue weighted by molar-refractivity contribution is -0.114. The van der Waals surface area contributed by atoms with Gasteiger partial charge in [0.25, 0.3) is 0 Å². The van der Waals surface area contributed by atoms with Gasteiger partial charge in [-0.25, -0.2) is 4.99 Å². The van der Waals surface area contributed by atoms with E-state index in [-0.39, 0.29) is 49.1 Å². The molecule has 1 atom stereocenters. The number of aliphatic hydroxyl groups is 1. The van der Waals surface area contributed by atoms with Crippen LogP contribution in [0.1, 0.15) is 32.4 Å². The van der Waals surface area contributed by atoms with Crippen molar-refractivity contribution >= 4 is 41.5 Å². The molecule has 0 bridgehead atoms. The molecule has 30 heavy (non-hydrogen) atoms. The second-order valence-corrected chi connectivity index (χ2v) is 6.75. The number of hydrogen-bond acceptors (Lipinski definition) is 4. The van der Waals surface area contributed by atoms with Gasteiger partial charge < -0.3 is 25.8 Å². The monoisotopic (exact) mass is 526 g/mol. The van der Waals surface area contributed by atoms with Crippen molar-refractivity contribution in [2.75, 3.05) is 25.0 Å². The Morgan fingerprint density at radius 2 is 1.83 bits per heavy atom. The molecule has 4 N–H and O–H groups in total. The number of anilines is 1. The van der Waals surface area contributed by atoms with E-state index in [2.05, 4.69) is 20.9 Å². The van der Waals surface area contributed by atoms with Crippen LogP contribution in [-0.4, -0.2) is 42.7 Å². The van der Waals surface area contributed by atoms with Gasteiger partial charge in [-0.3, -0.25) is 4.79 Å². The number of nitrogens with zero attached hydrogens (tertiary/aromatic N) is 1. The van der Waals surface area contributed by atoms with E-state index < -0.39 is 6.10 Å². The summed E-state index contributed by atoms with van der Waals surface area (Å²) in [6.07, 6.45) is -0.678. The number of aliphatic hydroxyl groups excluding tert-OH is 1.